The Morgan fingerprint density at radius 3 is 2.00 bits per heavy atom. The maximum absolute atomic E-state index is 12.6. The number of carbonyl (C=O) groups excluding carboxylic acids is 2. The zero-order valence-electron chi connectivity index (χ0n) is 17.7. The van der Waals surface area contributed by atoms with Crippen molar-refractivity contribution in [2.24, 2.45) is 0 Å². The highest BCUT2D eigenvalue weighted by Gasteiger charge is 2.37. The second-order valence-corrected chi connectivity index (χ2v) is 7.65. The summed E-state index contributed by atoms with van der Waals surface area (Å²) in [5.74, 6) is -3.07. The van der Waals surface area contributed by atoms with Gasteiger partial charge in [-0.25, -0.2) is 9.59 Å². The van der Waals surface area contributed by atoms with Crippen LogP contribution in [0.3, 0.4) is 0 Å². The van der Waals surface area contributed by atoms with Gasteiger partial charge < -0.3 is 20.5 Å². The first kappa shape index (κ1) is 24.1. The van der Waals surface area contributed by atoms with E-state index in [9.17, 15) is 27.6 Å². The van der Waals surface area contributed by atoms with Crippen LogP contribution in [-0.4, -0.2) is 47.9 Å². The Balaban J connectivity index is 1.62. The molecule has 7 nitrogen and oxygen atoms in total. The van der Waals surface area contributed by atoms with Crippen molar-refractivity contribution >= 4 is 18.0 Å². The Labute approximate surface area is 187 Å². The van der Waals surface area contributed by atoms with Crippen molar-refractivity contribution in [1.82, 2.24) is 10.6 Å². The van der Waals surface area contributed by atoms with Crippen LogP contribution in [0.25, 0.3) is 11.1 Å². The number of halogens is 3. The predicted octanol–water partition coefficient (Wildman–Crippen LogP) is 3.83. The summed E-state index contributed by atoms with van der Waals surface area (Å²) in [5.41, 5.74) is 4.06. The van der Waals surface area contributed by atoms with E-state index in [1.54, 1.807) is 0 Å². The Morgan fingerprint density at radius 2 is 1.52 bits per heavy atom. The lowest BCUT2D eigenvalue weighted by Gasteiger charge is -2.21. The molecule has 3 rings (SSSR count). The van der Waals surface area contributed by atoms with Gasteiger partial charge in [-0.05, 0) is 28.7 Å². The molecule has 2 atom stereocenters. The number of hydrogen-bond donors (Lipinski definition) is 3. The Hall–Kier alpha value is -3.56. The number of amides is 2. The number of carboxylic acid groups (broad SMARTS) is 1. The van der Waals surface area contributed by atoms with Crippen LogP contribution in [-0.2, 0) is 14.3 Å². The molecule has 1 aliphatic carbocycles. The first-order chi connectivity index (χ1) is 15.6. The standard InChI is InChI=1S/C23H23F3N2O5/c1-2-18(20(29)27-19(21(30)31)11-23(24,25)26)28-22(32)33-12-17-15-9-5-3-7-13(15)14-8-4-6-10-16(14)17/h3-10,17-19H,2,11-12H2,1H3,(H,27,29)(H,28,32)(H,30,31)/t18-,19?/m1/s1. The van der Waals surface area contributed by atoms with Gasteiger partial charge in [-0.15, -0.1) is 0 Å². The summed E-state index contributed by atoms with van der Waals surface area (Å²) < 4.78 is 43.0. The van der Waals surface area contributed by atoms with E-state index in [0.29, 0.717) is 0 Å². The van der Waals surface area contributed by atoms with Gasteiger partial charge in [-0.1, -0.05) is 55.5 Å². The molecule has 2 aromatic carbocycles. The van der Waals surface area contributed by atoms with E-state index >= 15 is 0 Å². The fraction of sp³-hybridized carbons (Fsp3) is 0.348. The molecule has 2 amide bonds. The number of nitrogens with one attached hydrogen (secondary N) is 2. The molecule has 0 radical (unpaired) electrons. The minimum Gasteiger partial charge on any atom is -0.480 e. The van der Waals surface area contributed by atoms with Gasteiger partial charge in [0.15, 0.2) is 0 Å². The van der Waals surface area contributed by atoms with Gasteiger partial charge in [0.2, 0.25) is 5.91 Å². The van der Waals surface area contributed by atoms with Gasteiger partial charge in [0.05, 0.1) is 6.42 Å². The smallest absolute Gasteiger partial charge is 0.407 e. The molecule has 0 bridgehead atoms. The minimum absolute atomic E-state index is 0.0102. The minimum atomic E-state index is -4.78. The topological polar surface area (TPSA) is 105 Å². The summed E-state index contributed by atoms with van der Waals surface area (Å²) >= 11 is 0. The van der Waals surface area contributed by atoms with Crippen LogP contribution in [0.15, 0.2) is 48.5 Å². The zero-order chi connectivity index (χ0) is 24.2. The Bertz CT molecular complexity index is 995. The van der Waals surface area contributed by atoms with Crippen molar-refractivity contribution in [2.45, 2.75) is 43.9 Å². The van der Waals surface area contributed by atoms with Crippen molar-refractivity contribution in [3.63, 3.8) is 0 Å². The predicted molar refractivity (Wildman–Crippen MR) is 113 cm³/mol. The molecule has 10 heteroatoms. The summed E-state index contributed by atoms with van der Waals surface area (Å²) in [6.45, 7) is 1.51. The van der Waals surface area contributed by atoms with Gasteiger partial charge in [0.1, 0.15) is 18.7 Å². The fourth-order valence-corrected chi connectivity index (χ4v) is 3.84. The van der Waals surface area contributed by atoms with Gasteiger partial charge in [-0.2, -0.15) is 13.2 Å². The van der Waals surface area contributed by atoms with Crippen LogP contribution in [0.2, 0.25) is 0 Å². The van der Waals surface area contributed by atoms with Crippen LogP contribution in [0.1, 0.15) is 36.8 Å². The summed E-state index contributed by atoms with van der Waals surface area (Å²) in [4.78, 5) is 35.7. The number of hydrogen-bond acceptors (Lipinski definition) is 4. The molecule has 0 fully saturated rings. The molecule has 0 heterocycles. The maximum Gasteiger partial charge on any atom is 0.407 e. The molecule has 1 aliphatic rings. The number of fused-ring (bicyclic) bond motifs is 3. The summed E-state index contributed by atoms with van der Waals surface area (Å²) in [5, 5.41) is 13.1. The van der Waals surface area contributed by atoms with E-state index in [0.717, 1.165) is 22.3 Å². The van der Waals surface area contributed by atoms with Gasteiger partial charge in [0.25, 0.3) is 0 Å². The molecule has 1 unspecified atom stereocenters. The lowest BCUT2D eigenvalue weighted by molar-refractivity contribution is -0.160. The molecule has 33 heavy (non-hydrogen) atoms. The normalized spacial score (nSPS) is 14.5. The third kappa shape index (κ3) is 5.82. The van der Waals surface area contributed by atoms with Gasteiger partial charge in [0, 0.05) is 5.92 Å². The highest BCUT2D eigenvalue weighted by Crippen LogP contribution is 2.44. The number of aliphatic carboxylic acids is 1. The highest BCUT2D eigenvalue weighted by atomic mass is 19.4. The van der Waals surface area contributed by atoms with Crippen LogP contribution in [0, 0.1) is 0 Å². The third-order valence-electron chi connectivity index (χ3n) is 5.41. The average Bonchev–Trinajstić information content (AvgIpc) is 3.08. The molecule has 0 saturated heterocycles. The van der Waals surface area contributed by atoms with E-state index in [-0.39, 0.29) is 18.9 Å². The zero-order valence-corrected chi connectivity index (χ0v) is 17.7. The maximum atomic E-state index is 12.6. The molecule has 0 saturated carbocycles. The van der Waals surface area contributed by atoms with Crippen LogP contribution in [0.5, 0.6) is 0 Å². The van der Waals surface area contributed by atoms with Crippen LogP contribution >= 0.6 is 0 Å². The number of rotatable bonds is 8. The largest absolute Gasteiger partial charge is 0.480 e. The molecule has 2 aromatic rings. The summed E-state index contributed by atoms with van der Waals surface area (Å²) in [7, 11) is 0. The molecule has 0 aliphatic heterocycles. The van der Waals surface area contributed by atoms with Crippen molar-refractivity contribution in [2.75, 3.05) is 6.61 Å². The second kappa shape index (κ2) is 9.93. The molecular weight excluding hydrogens is 441 g/mol. The van der Waals surface area contributed by atoms with Gasteiger partial charge in [-0.3, -0.25) is 4.79 Å². The van der Waals surface area contributed by atoms with Crippen molar-refractivity contribution in [3.05, 3.63) is 59.7 Å². The second-order valence-electron chi connectivity index (χ2n) is 7.65. The Morgan fingerprint density at radius 1 is 0.970 bits per heavy atom. The number of alkyl halides is 3. The van der Waals surface area contributed by atoms with E-state index in [4.69, 9.17) is 9.84 Å². The van der Waals surface area contributed by atoms with E-state index in [1.807, 2.05) is 53.8 Å². The number of carbonyl (C=O) groups is 3. The monoisotopic (exact) mass is 464 g/mol. The van der Waals surface area contributed by atoms with Crippen molar-refractivity contribution in [1.29, 1.82) is 0 Å². The van der Waals surface area contributed by atoms with Crippen molar-refractivity contribution < 1.29 is 37.4 Å². The van der Waals surface area contributed by atoms with E-state index in [2.05, 4.69) is 5.32 Å². The van der Waals surface area contributed by atoms with Crippen molar-refractivity contribution in [3.8, 4) is 11.1 Å². The number of benzene rings is 2. The molecule has 0 aromatic heterocycles. The van der Waals surface area contributed by atoms with Crippen LogP contribution < -0.4 is 10.6 Å². The summed E-state index contributed by atoms with van der Waals surface area (Å²) in [6, 6.07) is 12.0. The third-order valence-corrected chi connectivity index (χ3v) is 5.41. The van der Waals surface area contributed by atoms with E-state index < -0.39 is 42.7 Å². The van der Waals surface area contributed by atoms with Crippen LogP contribution in [0.4, 0.5) is 18.0 Å². The fourth-order valence-electron chi connectivity index (χ4n) is 3.84. The lowest BCUT2D eigenvalue weighted by Crippen LogP contribution is -2.52. The molecule has 3 N–H and O–H groups in total. The molecular formula is C23H23F3N2O5. The number of carboxylic acids is 1. The number of alkyl carbamates (subject to hydrolysis) is 1. The summed E-state index contributed by atoms with van der Waals surface area (Å²) in [6.07, 6.45) is -7.41. The first-order valence-electron chi connectivity index (χ1n) is 10.3. The highest BCUT2D eigenvalue weighted by molar-refractivity contribution is 5.89. The van der Waals surface area contributed by atoms with E-state index in [1.165, 1.54) is 6.92 Å². The van der Waals surface area contributed by atoms with Gasteiger partial charge >= 0.3 is 18.2 Å². The average molecular weight is 464 g/mol. The Kier molecular flexibility index (Phi) is 7.25. The lowest BCUT2D eigenvalue weighted by atomic mass is 9.98. The quantitative estimate of drug-likeness (QED) is 0.551. The molecule has 0 spiro atoms. The SMILES string of the molecule is CC[C@@H](NC(=O)OCC1c2ccccc2-c2ccccc21)C(=O)NC(CC(F)(F)F)C(=O)O. The molecule has 176 valence electrons. The number of ether oxygens (including phenoxy) is 1. The first-order valence-corrected chi connectivity index (χ1v) is 10.3.